The summed E-state index contributed by atoms with van der Waals surface area (Å²) in [5.41, 5.74) is 1.46. The number of ether oxygens (including phenoxy) is 1. The molecule has 8 heteroatoms. The lowest BCUT2D eigenvalue weighted by molar-refractivity contribution is 0.404. The number of hydrogen-bond acceptors (Lipinski definition) is 4. The third-order valence-electron chi connectivity index (χ3n) is 5.28. The van der Waals surface area contributed by atoms with Gasteiger partial charge in [-0.05, 0) is 30.5 Å². The van der Waals surface area contributed by atoms with Crippen LogP contribution in [-0.4, -0.2) is 41.4 Å². The molecular weight excluding hydrogens is 455 g/mol. The molecule has 1 aromatic carbocycles. The maximum Gasteiger partial charge on any atom is 0.191 e. The molecule has 0 spiro atoms. The van der Waals surface area contributed by atoms with E-state index >= 15 is 0 Å². The Hall–Kier alpha value is -1.84. The van der Waals surface area contributed by atoms with E-state index in [1.54, 1.807) is 25.2 Å². The summed E-state index contributed by atoms with van der Waals surface area (Å²) in [4.78, 5) is 8.58. The monoisotopic (exact) mass is 484 g/mol. The van der Waals surface area contributed by atoms with E-state index in [1.807, 2.05) is 13.1 Å². The molecule has 7 nitrogen and oxygen atoms in total. The van der Waals surface area contributed by atoms with Gasteiger partial charge >= 0.3 is 0 Å². The molecule has 0 saturated heterocycles. The van der Waals surface area contributed by atoms with E-state index < -0.39 is 0 Å². The summed E-state index contributed by atoms with van der Waals surface area (Å²) < 4.78 is 7.18. The molecule has 0 unspecified atom stereocenters. The summed E-state index contributed by atoms with van der Waals surface area (Å²) in [6, 6.07) is 8.46. The van der Waals surface area contributed by atoms with Gasteiger partial charge in [0.05, 0.1) is 13.7 Å². The lowest BCUT2D eigenvalue weighted by atomic mass is 9.78. The highest BCUT2D eigenvalue weighted by Gasteiger charge is 2.36. The van der Waals surface area contributed by atoms with Crippen LogP contribution in [0.25, 0.3) is 0 Å². The van der Waals surface area contributed by atoms with Crippen LogP contribution in [0.4, 0.5) is 0 Å². The smallest absolute Gasteiger partial charge is 0.191 e. The van der Waals surface area contributed by atoms with Gasteiger partial charge < -0.3 is 15.4 Å². The van der Waals surface area contributed by atoms with Crippen LogP contribution in [0.3, 0.4) is 0 Å². The van der Waals surface area contributed by atoms with Crippen LogP contribution < -0.4 is 15.4 Å². The van der Waals surface area contributed by atoms with Crippen LogP contribution in [0.15, 0.2) is 35.6 Å². The van der Waals surface area contributed by atoms with Crippen molar-refractivity contribution in [3.05, 3.63) is 42.0 Å². The minimum atomic E-state index is 0. The van der Waals surface area contributed by atoms with Crippen LogP contribution in [0, 0.1) is 0 Å². The second kappa shape index (κ2) is 9.91. The minimum absolute atomic E-state index is 0. The number of aliphatic imine (C=N–C) groups is 1. The van der Waals surface area contributed by atoms with Crippen LogP contribution in [-0.2, 0) is 19.0 Å². The first-order chi connectivity index (χ1) is 12.7. The van der Waals surface area contributed by atoms with Gasteiger partial charge in [0, 0.05) is 26.1 Å². The first-order valence-corrected chi connectivity index (χ1v) is 9.09. The van der Waals surface area contributed by atoms with Crippen molar-refractivity contribution in [2.24, 2.45) is 12.0 Å². The average molecular weight is 484 g/mol. The number of nitrogens with zero attached hydrogens (tertiary/aromatic N) is 4. The number of aromatic nitrogens is 3. The second-order valence-electron chi connectivity index (χ2n) is 6.80. The fraction of sp³-hybridized carbons (Fsp3) is 0.526. The predicted molar refractivity (Wildman–Crippen MR) is 118 cm³/mol. The van der Waals surface area contributed by atoms with Gasteiger partial charge in [-0.25, -0.2) is 4.98 Å². The normalized spacial score (nSPS) is 15.9. The minimum Gasteiger partial charge on any atom is -0.497 e. The first kappa shape index (κ1) is 21.5. The molecule has 0 radical (unpaired) electrons. The number of benzene rings is 1. The lowest BCUT2D eigenvalue weighted by Crippen LogP contribution is -2.44. The largest absolute Gasteiger partial charge is 0.497 e. The third kappa shape index (κ3) is 5.12. The maximum atomic E-state index is 5.43. The zero-order valence-corrected chi connectivity index (χ0v) is 18.6. The van der Waals surface area contributed by atoms with Crippen molar-refractivity contribution in [3.63, 3.8) is 0 Å². The molecule has 3 rings (SSSR count). The molecule has 1 fully saturated rings. The number of halogens is 1. The Bertz CT molecular complexity index is 754. The molecule has 0 aliphatic heterocycles. The maximum absolute atomic E-state index is 5.43. The second-order valence-corrected chi connectivity index (χ2v) is 6.80. The molecule has 1 saturated carbocycles. The highest BCUT2D eigenvalue weighted by molar-refractivity contribution is 14.0. The molecule has 2 aromatic rings. The van der Waals surface area contributed by atoms with E-state index in [2.05, 4.69) is 43.9 Å². The summed E-state index contributed by atoms with van der Waals surface area (Å²) in [5.74, 6) is 2.57. The van der Waals surface area contributed by atoms with Gasteiger partial charge in [0.2, 0.25) is 0 Å². The quantitative estimate of drug-likeness (QED) is 0.375. The highest BCUT2D eigenvalue weighted by Crippen LogP contribution is 2.41. The molecular formula is C19H29IN6O. The third-order valence-corrected chi connectivity index (χ3v) is 5.28. The molecule has 1 aliphatic rings. The molecule has 148 valence electrons. The molecule has 0 bridgehead atoms. The summed E-state index contributed by atoms with van der Waals surface area (Å²) in [6.07, 6.45) is 6.41. The average Bonchev–Trinajstić information content (AvgIpc) is 3.32. The van der Waals surface area contributed by atoms with Crippen LogP contribution in [0.5, 0.6) is 5.75 Å². The Kier molecular flexibility index (Phi) is 7.88. The van der Waals surface area contributed by atoms with Gasteiger partial charge in [0.25, 0.3) is 0 Å². The highest BCUT2D eigenvalue weighted by atomic mass is 127. The zero-order valence-electron chi connectivity index (χ0n) is 16.2. The van der Waals surface area contributed by atoms with Crippen molar-refractivity contribution in [3.8, 4) is 5.75 Å². The van der Waals surface area contributed by atoms with Crippen molar-refractivity contribution in [1.82, 2.24) is 25.4 Å². The molecule has 1 heterocycles. The number of methoxy groups -OCH3 is 1. The van der Waals surface area contributed by atoms with Gasteiger partial charge in [0.15, 0.2) is 5.96 Å². The number of hydrogen-bond donors (Lipinski definition) is 2. The number of nitrogens with one attached hydrogen (secondary N) is 2. The van der Waals surface area contributed by atoms with Gasteiger partial charge in [-0.15, -0.1) is 24.0 Å². The Balaban J connectivity index is 0.00000261. The predicted octanol–water partition coefficient (Wildman–Crippen LogP) is 2.62. The number of rotatable bonds is 6. The van der Waals surface area contributed by atoms with Gasteiger partial charge in [-0.2, -0.15) is 5.10 Å². The van der Waals surface area contributed by atoms with E-state index in [-0.39, 0.29) is 29.4 Å². The molecule has 1 aromatic heterocycles. The topological polar surface area (TPSA) is 76.4 Å². The van der Waals surface area contributed by atoms with E-state index in [9.17, 15) is 0 Å². The molecule has 0 atom stereocenters. The Morgan fingerprint density at radius 3 is 2.70 bits per heavy atom. The van der Waals surface area contributed by atoms with Crippen molar-refractivity contribution in [1.29, 1.82) is 0 Å². The zero-order chi connectivity index (χ0) is 18.4. The number of guanidine groups is 1. The van der Waals surface area contributed by atoms with Crippen LogP contribution in [0.1, 0.15) is 37.1 Å². The SMILES string of the molecule is CN=C(NCc1ncnn1C)NCC1(c2cccc(OC)c2)CCCC1.I. The fourth-order valence-electron chi connectivity index (χ4n) is 3.69. The van der Waals surface area contributed by atoms with Gasteiger partial charge in [-0.3, -0.25) is 9.67 Å². The van der Waals surface area contributed by atoms with Crippen molar-refractivity contribution >= 4 is 29.9 Å². The lowest BCUT2D eigenvalue weighted by Gasteiger charge is -2.31. The molecule has 27 heavy (non-hydrogen) atoms. The number of aryl methyl sites for hydroxylation is 1. The molecule has 1 aliphatic carbocycles. The summed E-state index contributed by atoms with van der Waals surface area (Å²) in [6.45, 7) is 1.43. The molecule has 0 amide bonds. The Morgan fingerprint density at radius 1 is 1.30 bits per heavy atom. The van der Waals surface area contributed by atoms with Crippen LogP contribution in [0.2, 0.25) is 0 Å². The standard InChI is InChI=1S/C19H28N6O.HI/c1-20-18(21-12-17-23-14-24-25(17)2)22-13-19(9-4-5-10-19)15-7-6-8-16(11-15)26-3;/h6-8,11,14H,4-5,9-10,12-13H2,1-3H3,(H2,20,21,22);1H. The van der Waals surface area contributed by atoms with E-state index in [0.717, 1.165) is 24.1 Å². The first-order valence-electron chi connectivity index (χ1n) is 9.09. The fourth-order valence-corrected chi connectivity index (χ4v) is 3.69. The summed E-state index contributed by atoms with van der Waals surface area (Å²) >= 11 is 0. The summed E-state index contributed by atoms with van der Waals surface area (Å²) in [7, 11) is 5.40. The van der Waals surface area contributed by atoms with Crippen molar-refractivity contribution in [2.75, 3.05) is 20.7 Å². The Labute approximate surface area is 178 Å². The molecule has 2 N–H and O–H groups in total. The van der Waals surface area contributed by atoms with E-state index in [4.69, 9.17) is 4.74 Å². The van der Waals surface area contributed by atoms with Crippen molar-refractivity contribution in [2.45, 2.75) is 37.6 Å². The Morgan fingerprint density at radius 2 is 2.07 bits per heavy atom. The van der Waals surface area contributed by atoms with E-state index in [0.29, 0.717) is 6.54 Å². The summed E-state index contributed by atoms with van der Waals surface area (Å²) in [5, 5.41) is 10.9. The van der Waals surface area contributed by atoms with Gasteiger partial charge in [0.1, 0.15) is 17.9 Å². The van der Waals surface area contributed by atoms with E-state index in [1.165, 1.54) is 31.2 Å². The van der Waals surface area contributed by atoms with Crippen LogP contribution >= 0.6 is 24.0 Å². The van der Waals surface area contributed by atoms with Crippen molar-refractivity contribution < 1.29 is 4.74 Å². The van der Waals surface area contributed by atoms with Gasteiger partial charge in [-0.1, -0.05) is 25.0 Å².